The van der Waals surface area contributed by atoms with Crippen molar-refractivity contribution >= 4 is 50.4 Å². The number of hydrogen-bond donors (Lipinski definition) is 2. The smallest absolute Gasteiger partial charge is 0.232 e. The molecule has 1 atom stereocenters. The highest BCUT2D eigenvalue weighted by Crippen LogP contribution is 2.27. The molecule has 1 unspecified atom stereocenters. The first kappa shape index (κ1) is 15.8. The Morgan fingerprint density at radius 1 is 1.20 bits per heavy atom. The summed E-state index contributed by atoms with van der Waals surface area (Å²) in [7, 11) is 0. The Bertz CT molecular complexity index is 918. The molecule has 0 spiro atoms. The summed E-state index contributed by atoms with van der Waals surface area (Å²) in [5.74, 6) is -0.246. The summed E-state index contributed by atoms with van der Waals surface area (Å²) in [5, 5.41) is 2.78. The first-order chi connectivity index (χ1) is 12.1. The standard InChI is InChI=1S/C18H15BrN4O2/c19-12-5-7-13(8-6-12)23-10-11(9-16(23)24)17(25)22-18-20-14-3-1-2-4-15(14)21-18/h1-8,11H,9-10H2,(H2,20,21,22,25). The number of carbonyl (C=O) groups is 2. The molecule has 1 aliphatic rings. The van der Waals surface area contributed by atoms with E-state index in [9.17, 15) is 9.59 Å². The topological polar surface area (TPSA) is 78.1 Å². The number of amides is 2. The van der Waals surface area contributed by atoms with Gasteiger partial charge in [-0.1, -0.05) is 28.1 Å². The van der Waals surface area contributed by atoms with Gasteiger partial charge in [-0.3, -0.25) is 14.9 Å². The van der Waals surface area contributed by atoms with Crippen molar-refractivity contribution in [1.29, 1.82) is 0 Å². The largest absolute Gasteiger partial charge is 0.324 e. The van der Waals surface area contributed by atoms with Crippen LogP contribution in [0.1, 0.15) is 6.42 Å². The Balaban J connectivity index is 1.47. The van der Waals surface area contributed by atoms with Crippen molar-refractivity contribution < 1.29 is 9.59 Å². The Labute approximate surface area is 152 Å². The Morgan fingerprint density at radius 2 is 1.96 bits per heavy atom. The summed E-state index contributed by atoms with van der Waals surface area (Å²) in [6.07, 6.45) is 0.197. The molecule has 1 aromatic heterocycles. The first-order valence-corrected chi connectivity index (χ1v) is 8.71. The van der Waals surface area contributed by atoms with Crippen LogP contribution in [-0.2, 0) is 9.59 Å². The highest BCUT2D eigenvalue weighted by molar-refractivity contribution is 9.10. The van der Waals surface area contributed by atoms with E-state index in [0.29, 0.717) is 12.5 Å². The van der Waals surface area contributed by atoms with Crippen molar-refractivity contribution in [2.45, 2.75) is 6.42 Å². The second-order valence-corrected chi connectivity index (χ2v) is 6.89. The molecule has 0 aliphatic carbocycles. The van der Waals surface area contributed by atoms with Gasteiger partial charge < -0.3 is 9.88 Å². The number of fused-ring (bicyclic) bond motifs is 1. The molecule has 2 amide bonds. The molecule has 1 aliphatic heterocycles. The molecule has 1 fully saturated rings. The Morgan fingerprint density at radius 3 is 2.72 bits per heavy atom. The molecule has 3 aromatic rings. The predicted octanol–water partition coefficient (Wildman–Crippen LogP) is 3.32. The van der Waals surface area contributed by atoms with E-state index in [4.69, 9.17) is 0 Å². The summed E-state index contributed by atoms with van der Waals surface area (Å²) < 4.78 is 0.946. The third kappa shape index (κ3) is 3.15. The monoisotopic (exact) mass is 398 g/mol. The lowest BCUT2D eigenvalue weighted by atomic mass is 10.1. The number of H-pyrrole nitrogens is 1. The van der Waals surface area contributed by atoms with Gasteiger partial charge in [-0.15, -0.1) is 0 Å². The molecule has 25 heavy (non-hydrogen) atoms. The van der Waals surface area contributed by atoms with E-state index in [-0.39, 0.29) is 18.2 Å². The number of imidazole rings is 1. The van der Waals surface area contributed by atoms with E-state index >= 15 is 0 Å². The lowest BCUT2D eigenvalue weighted by Gasteiger charge is -2.16. The molecule has 2 heterocycles. The van der Waals surface area contributed by atoms with Gasteiger partial charge in [-0.25, -0.2) is 4.98 Å². The highest BCUT2D eigenvalue weighted by Gasteiger charge is 2.35. The minimum absolute atomic E-state index is 0.0490. The average Bonchev–Trinajstić information content (AvgIpc) is 3.18. The van der Waals surface area contributed by atoms with Crippen LogP contribution in [0, 0.1) is 5.92 Å². The number of rotatable bonds is 3. The van der Waals surface area contributed by atoms with E-state index in [2.05, 4.69) is 31.2 Å². The number of anilines is 2. The molecule has 2 N–H and O–H groups in total. The zero-order valence-corrected chi connectivity index (χ0v) is 14.8. The van der Waals surface area contributed by atoms with Crippen LogP contribution < -0.4 is 10.2 Å². The van der Waals surface area contributed by atoms with Crippen molar-refractivity contribution in [2.75, 3.05) is 16.8 Å². The lowest BCUT2D eigenvalue weighted by molar-refractivity contribution is -0.122. The number of nitrogens with zero attached hydrogens (tertiary/aromatic N) is 2. The fourth-order valence-electron chi connectivity index (χ4n) is 2.98. The van der Waals surface area contributed by atoms with Gasteiger partial charge >= 0.3 is 0 Å². The Hall–Kier alpha value is -2.67. The number of nitrogens with one attached hydrogen (secondary N) is 2. The minimum atomic E-state index is -0.399. The summed E-state index contributed by atoms with van der Waals surface area (Å²) >= 11 is 3.38. The maximum absolute atomic E-state index is 12.5. The molecular formula is C18H15BrN4O2. The first-order valence-electron chi connectivity index (χ1n) is 7.92. The van der Waals surface area contributed by atoms with Crippen molar-refractivity contribution in [1.82, 2.24) is 9.97 Å². The van der Waals surface area contributed by atoms with Crippen LogP contribution in [0.15, 0.2) is 53.0 Å². The van der Waals surface area contributed by atoms with Crippen LogP contribution >= 0.6 is 15.9 Å². The van der Waals surface area contributed by atoms with Crippen LogP contribution in [-0.4, -0.2) is 28.3 Å². The number of aromatic amines is 1. The second-order valence-electron chi connectivity index (χ2n) is 5.97. The van der Waals surface area contributed by atoms with Gasteiger partial charge in [0.05, 0.1) is 17.0 Å². The maximum Gasteiger partial charge on any atom is 0.232 e. The van der Waals surface area contributed by atoms with Crippen LogP contribution in [0.25, 0.3) is 11.0 Å². The molecule has 6 nitrogen and oxygen atoms in total. The highest BCUT2D eigenvalue weighted by atomic mass is 79.9. The number of aromatic nitrogens is 2. The SMILES string of the molecule is O=C(Nc1nc2ccccc2[nH]1)C1CC(=O)N(c2ccc(Br)cc2)C1. The molecule has 4 rings (SSSR count). The van der Waals surface area contributed by atoms with Crippen molar-refractivity contribution in [3.8, 4) is 0 Å². The van der Waals surface area contributed by atoms with E-state index in [1.54, 1.807) is 4.90 Å². The molecule has 2 aromatic carbocycles. The number of benzene rings is 2. The zero-order chi connectivity index (χ0) is 17.4. The van der Waals surface area contributed by atoms with Gasteiger partial charge in [0, 0.05) is 23.1 Å². The van der Waals surface area contributed by atoms with Gasteiger partial charge in [0.1, 0.15) is 0 Å². The van der Waals surface area contributed by atoms with Gasteiger partial charge in [0.15, 0.2) is 0 Å². The summed E-state index contributed by atoms with van der Waals surface area (Å²) in [4.78, 5) is 33.8. The predicted molar refractivity (Wildman–Crippen MR) is 99.3 cm³/mol. The third-order valence-corrected chi connectivity index (χ3v) is 4.79. The summed E-state index contributed by atoms with van der Waals surface area (Å²) in [6, 6.07) is 15.0. The quantitative estimate of drug-likeness (QED) is 0.710. The van der Waals surface area contributed by atoms with Crippen LogP contribution in [0.4, 0.5) is 11.6 Å². The fourth-order valence-corrected chi connectivity index (χ4v) is 3.25. The molecule has 1 saturated heterocycles. The number of halogens is 1. The second kappa shape index (κ2) is 6.33. The fraction of sp³-hybridized carbons (Fsp3) is 0.167. The van der Waals surface area contributed by atoms with Crippen molar-refractivity contribution in [3.05, 3.63) is 53.0 Å². The van der Waals surface area contributed by atoms with E-state index in [1.807, 2.05) is 48.5 Å². The normalized spacial score (nSPS) is 17.2. The molecule has 126 valence electrons. The van der Waals surface area contributed by atoms with Gasteiger partial charge in [0.2, 0.25) is 17.8 Å². The Kier molecular flexibility index (Phi) is 4.01. The van der Waals surface area contributed by atoms with E-state index in [0.717, 1.165) is 21.2 Å². The minimum Gasteiger partial charge on any atom is -0.324 e. The van der Waals surface area contributed by atoms with Crippen LogP contribution in [0.2, 0.25) is 0 Å². The van der Waals surface area contributed by atoms with Crippen LogP contribution in [0.3, 0.4) is 0 Å². The zero-order valence-electron chi connectivity index (χ0n) is 13.2. The number of para-hydroxylation sites is 2. The summed E-state index contributed by atoms with van der Waals surface area (Å²) in [6.45, 7) is 0.368. The summed E-state index contributed by atoms with van der Waals surface area (Å²) in [5.41, 5.74) is 2.45. The molecule has 0 bridgehead atoms. The average molecular weight is 399 g/mol. The van der Waals surface area contributed by atoms with Crippen molar-refractivity contribution in [2.24, 2.45) is 5.92 Å². The maximum atomic E-state index is 12.5. The molecule has 0 saturated carbocycles. The van der Waals surface area contributed by atoms with Crippen LogP contribution in [0.5, 0.6) is 0 Å². The molecular weight excluding hydrogens is 384 g/mol. The van der Waals surface area contributed by atoms with E-state index in [1.165, 1.54) is 0 Å². The molecule has 0 radical (unpaired) electrons. The molecule has 7 heteroatoms. The van der Waals surface area contributed by atoms with E-state index < -0.39 is 5.92 Å². The third-order valence-electron chi connectivity index (χ3n) is 4.27. The van der Waals surface area contributed by atoms with Gasteiger partial charge in [-0.05, 0) is 36.4 Å². The lowest BCUT2D eigenvalue weighted by Crippen LogP contribution is -2.28. The van der Waals surface area contributed by atoms with Gasteiger partial charge in [0.25, 0.3) is 0 Å². The van der Waals surface area contributed by atoms with Gasteiger partial charge in [-0.2, -0.15) is 0 Å². The number of hydrogen-bond acceptors (Lipinski definition) is 3. The number of carbonyl (C=O) groups excluding carboxylic acids is 2. The van der Waals surface area contributed by atoms with Crippen molar-refractivity contribution in [3.63, 3.8) is 0 Å².